The highest BCUT2D eigenvalue weighted by Gasteiger charge is 2.32. The SMILES string of the molecule is Cc1ccc(F)cc1C(O)(CCCl)c1ccccc1. The van der Waals surface area contributed by atoms with E-state index in [9.17, 15) is 9.50 Å². The summed E-state index contributed by atoms with van der Waals surface area (Å²) in [5.74, 6) is -0.0639. The summed E-state index contributed by atoms with van der Waals surface area (Å²) >= 11 is 5.82. The molecule has 0 heterocycles. The summed E-state index contributed by atoms with van der Waals surface area (Å²) in [5, 5.41) is 11.0. The highest BCUT2D eigenvalue weighted by molar-refractivity contribution is 6.17. The molecule has 1 unspecified atom stereocenters. The quantitative estimate of drug-likeness (QED) is 0.838. The predicted molar refractivity (Wildman–Crippen MR) is 75.9 cm³/mol. The van der Waals surface area contributed by atoms with E-state index in [4.69, 9.17) is 11.6 Å². The van der Waals surface area contributed by atoms with Gasteiger partial charge in [0.05, 0.1) is 0 Å². The molecule has 0 saturated carbocycles. The Kier molecular flexibility index (Phi) is 4.23. The first kappa shape index (κ1) is 14.0. The van der Waals surface area contributed by atoms with Gasteiger partial charge in [-0.05, 0) is 42.2 Å². The normalized spacial score (nSPS) is 14.1. The fourth-order valence-electron chi connectivity index (χ4n) is 2.32. The fourth-order valence-corrected chi connectivity index (χ4v) is 2.60. The molecule has 0 aliphatic rings. The maximum atomic E-state index is 13.5. The minimum Gasteiger partial charge on any atom is -0.380 e. The second-order valence-electron chi connectivity index (χ2n) is 4.62. The summed E-state index contributed by atoms with van der Waals surface area (Å²) in [4.78, 5) is 0. The molecular weight excluding hydrogens is 263 g/mol. The molecular formula is C16H16ClFO. The van der Waals surface area contributed by atoms with Gasteiger partial charge in [0.15, 0.2) is 0 Å². The smallest absolute Gasteiger partial charge is 0.123 e. The molecule has 0 amide bonds. The van der Waals surface area contributed by atoms with E-state index in [-0.39, 0.29) is 5.82 Å². The molecule has 0 aliphatic carbocycles. The van der Waals surface area contributed by atoms with Crippen LogP contribution in [0.4, 0.5) is 4.39 Å². The van der Waals surface area contributed by atoms with E-state index in [1.807, 2.05) is 37.3 Å². The van der Waals surface area contributed by atoms with Crippen molar-refractivity contribution in [1.29, 1.82) is 0 Å². The lowest BCUT2D eigenvalue weighted by molar-refractivity contribution is 0.0765. The highest BCUT2D eigenvalue weighted by Crippen LogP contribution is 2.35. The van der Waals surface area contributed by atoms with Crippen LogP contribution >= 0.6 is 11.6 Å². The van der Waals surface area contributed by atoms with Crippen molar-refractivity contribution < 1.29 is 9.50 Å². The number of alkyl halides is 1. The first-order valence-corrected chi connectivity index (χ1v) is 6.72. The monoisotopic (exact) mass is 278 g/mol. The van der Waals surface area contributed by atoms with Gasteiger partial charge in [0, 0.05) is 5.88 Å². The molecule has 1 nitrogen and oxygen atoms in total. The maximum Gasteiger partial charge on any atom is 0.123 e. The number of benzene rings is 2. The van der Waals surface area contributed by atoms with Crippen LogP contribution < -0.4 is 0 Å². The van der Waals surface area contributed by atoms with Crippen LogP contribution in [-0.4, -0.2) is 11.0 Å². The van der Waals surface area contributed by atoms with E-state index < -0.39 is 5.60 Å². The number of hydrogen-bond donors (Lipinski definition) is 1. The van der Waals surface area contributed by atoms with Gasteiger partial charge in [-0.15, -0.1) is 11.6 Å². The van der Waals surface area contributed by atoms with E-state index in [0.29, 0.717) is 17.9 Å². The largest absolute Gasteiger partial charge is 0.380 e. The van der Waals surface area contributed by atoms with Gasteiger partial charge < -0.3 is 5.11 Å². The van der Waals surface area contributed by atoms with Crippen LogP contribution in [0.1, 0.15) is 23.1 Å². The van der Waals surface area contributed by atoms with Crippen LogP contribution in [0.2, 0.25) is 0 Å². The molecule has 0 radical (unpaired) electrons. The third-order valence-corrected chi connectivity index (χ3v) is 3.54. The molecule has 0 saturated heterocycles. The third kappa shape index (κ3) is 2.80. The Morgan fingerprint density at radius 1 is 1.16 bits per heavy atom. The topological polar surface area (TPSA) is 20.2 Å². The van der Waals surface area contributed by atoms with Crippen molar-refractivity contribution in [3.63, 3.8) is 0 Å². The van der Waals surface area contributed by atoms with E-state index in [1.165, 1.54) is 12.1 Å². The molecule has 3 heteroatoms. The Labute approximate surface area is 117 Å². The molecule has 2 rings (SSSR count). The summed E-state index contributed by atoms with van der Waals surface area (Å²) in [7, 11) is 0. The van der Waals surface area contributed by atoms with Gasteiger partial charge >= 0.3 is 0 Å². The summed E-state index contributed by atoms with van der Waals surface area (Å²) in [6, 6.07) is 13.7. The Balaban J connectivity index is 2.59. The van der Waals surface area contributed by atoms with Crippen LogP contribution in [0.25, 0.3) is 0 Å². The second kappa shape index (κ2) is 5.72. The van der Waals surface area contributed by atoms with Crippen LogP contribution in [0.5, 0.6) is 0 Å². The van der Waals surface area contributed by atoms with Crippen molar-refractivity contribution >= 4 is 11.6 Å². The first-order valence-electron chi connectivity index (χ1n) is 6.18. The zero-order valence-electron chi connectivity index (χ0n) is 10.7. The molecule has 1 atom stereocenters. The van der Waals surface area contributed by atoms with E-state index >= 15 is 0 Å². The van der Waals surface area contributed by atoms with E-state index in [1.54, 1.807) is 6.07 Å². The number of aliphatic hydroxyl groups is 1. The second-order valence-corrected chi connectivity index (χ2v) is 5.00. The average Bonchev–Trinajstić information content (AvgIpc) is 2.42. The molecule has 2 aromatic rings. The van der Waals surface area contributed by atoms with Crippen molar-refractivity contribution in [2.45, 2.75) is 18.9 Å². The lowest BCUT2D eigenvalue weighted by atomic mass is 9.82. The van der Waals surface area contributed by atoms with Crippen LogP contribution in [-0.2, 0) is 5.60 Å². The zero-order valence-corrected chi connectivity index (χ0v) is 11.5. The molecule has 2 aromatic carbocycles. The summed E-state index contributed by atoms with van der Waals surface area (Å²) in [5.41, 5.74) is 0.886. The molecule has 1 N–H and O–H groups in total. The van der Waals surface area contributed by atoms with Crippen molar-refractivity contribution in [3.05, 3.63) is 71.0 Å². The maximum absolute atomic E-state index is 13.5. The van der Waals surface area contributed by atoms with Crippen LogP contribution in [0.15, 0.2) is 48.5 Å². The van der Waals surface area contributed by atoms with Crippen LogP contribution in [0.3, 0.4) is 0 Å². The predicted octanol–water partition coefficient (Wildman–Crippen LogP) is 4.00. The van der Waals surface area contributed by atoms with Crippen molar-refractivity contribution in [2.75, 3.05) is 5.88 Å². The molecule has 0 fully saturated rings. The molecule has 0 aliphatic heterocycles. The standard InChI is InChI=1S/C16H16ClFO/c1-12-7-8-14(18)11-15(12)16(19,9-10-17)13-5-3-2-4-6-13/h2-8,11,19H,9-10H2,1H3. The number of aryl methyl sites for hydroxylation is 1. The van der Waals surface area contributed by atoms with E-state index in [2.05, 4.69) is 0 Å². The van der Waals surface area contributed by atoms with Gasteiger partial charge in [0.2, 0.25) is 0 Å². The summed E-state index contributed by atoms with van der Waals surface area (Å²) in [6.45, 7) is 1.86. The molecule has 100 valence electrons. The summed E-state index contributed by atoms with van der Waals surface area (Å²) in [6.07, 6.45) is 0.336. The zero-order chi connectivity index (χ0) is 13.9. The fraction of sp³-hybridized carbons (Fsp3) is 0.250. The van der Waals surface area contributed by atoms with Gasteiger partial charge in [0.25, 0.3) is 0 Å². The van der Waals surface area contributed by atoms with Gasteiger partial charge in [0.1, 0.15) is 11.4 Å². The third-order valence-electron chi connectivity index (χ3n) is 3.35. The Morgan fingerprint density at radius 2 is 1.84 bits per heavy atom. The molecule has 0 aromatic heterocycles. The van der Waals surface area contributed by atoms with Gasteiger partial charge in [-0.3, -0.25) is 0 Å². The minimum absolute atomic E-state index is 0.293. The van der Waals surface area contributed by atoms with E-state index in [0.717, 1.165) is 11.1 Å². The Hall–Kier alpha value is -1.38. The number of halogens is 2. The van der Waals surface area contributed by atoms with Gasteiger partial charge in [-0.25, -0.2) is 4.39 Å². The minimum atomic E-state index is -1.25. The van der Waals surface area contributed by atoms with Crippen molar-refractivity contribution in [1.82, 2.24) is 0 Å². The molecule has 0 spiro atoms. The van der Waals surface area contributed by atoms with Crippen molar-refractivity contribution in [3.8, 4) is 0 Å². The number of hydrogen-bond acceptors (Lipinski definition) is 1. The van der Waals surface area contributed by atoms with Crippen LogP contribution in [0, 0.1) is 12.7 Å². The number of rotatable bonds is 4. The molecule has 0 bridgehead atoms. The Bertz CT molecular complexity index is 556. The van der Waals surface area contributed by atoms with Gasteiger partial charge in [-0.1, -0.05) is 36.4 Å². The lowest BCUT2D eigenvalue weighted by Crippen LogP contribution is -2.29. The molecule has 19 heavy (non-hydrogen) atoms. The average molecular weight is 279 g/mol. The van der Waals surface area contributed by atoms with Crippen molar-refractivity contribution in [2.24, 2.45) is 0 Å². The Morgan fingerprint density at radius 3 is 2.47 bits per heavy atom. The lowest BCUT2D eigenvalue weighted by Gasteiger charge is -2.30. The first-order chi connectivity index (χ1) is 9.08. The highest BCUT2D eigenvalue weighted by atomic mass is 35.5. The van der Waals surface area contributed by atoms with Gasteiger partial charge in [-0.2, -0.15) is 0 Å². The summed E-state index contributed by atoms with van der Waals surface area (Å²) < 4.78 is 13.5.